The lowest BCUT2D eigenvalue weighted by atomic mass is 10.0. The highest BCUT2D eigenvalue weighted by molar-refractivity contribution is 5.30. The average Bonchev–Trinajstić information content (AvgIpc) is 2.83. The molecule has 1 rings (SSSR count). The summed E-state index contributed by atoms with van der Waals surface area (Å²) in [6.07, 6.45) is 8.72. The van der Waals surface area contributed by atoms with Crippen LogP contribution in [0.25, 0.3) is 0 Å². The Kier molecular flexibility index (Phi) is 7.90. The number of rotatable bonds is 10. The van der Waals surface area contributed by atoms with Gasteiger partial charge in [0.1, 0.15) is 0 Å². The minimum Gasteiger partial charge on any atom is -0.313 e. The molecule has 116 valence electrons. The fourth-order valence-corrected chi connectivity index (χ4v) is 2.89. The summed E-state index contributed by atoms with van der Waals surface area (Å²) in [5.41, 5.74) is 4.14. The first-order valence-corrected chi connectivity index (χ1v) is 8.45. The van der Waals surface area contributed by atoms with Gasteiger partial charge in [0.15, 0.2) is 0 Å². The van der Waals surface area contributed by atoms with E-state index in [1.807, 2.05) is 7.05 Å². The molecular formula is C17H33N3. The normalized spacial score (nSPS) is 12.8. The predicted octanol–water partition coefficient (Wildman–Crippen LogP) is 4.26. The third kappa shape index (κ3) is 4.34. The van der Waals surface area contributed by atoms with Crippen LogP contribution in [0.4, 0.5) is 0 Å². The van der Waals surface area contributed by atoms with Crippen molar-refractivity contribution in [3.8, 4) is 0 Å². The van der Waals surface area contributed by atoms with E-state index in [-0.39, 0.29) is 0 Å². The SMILES string of the molecule is CCCCCCCn1nc(CC)c(C(C)NC)c1CC. The molecule has 0 saturated heterocycles. The molecule has 1 unspecified atom stereocenters. The fraction of sp³-hybridized carbons (Fsp3) is 0.824. The van der Waals surface area contributed by atoms with Crippen molar-refractivity contribution in [2.75, 3.05) is 7.05 Å². The number of hydrogen-bond acceptors (Lipinski definition) is 2. The molecule has 0 radical (unpaired) electrons. The van der Waals surface area contributed by atoms with Crippen LogP contribution >= 0.6 is 0 Å². The first kappa shape index (κ1) is 17.2. The maximum atomic E-state index is 4.86. The Morgan fingerprint density at radius 3 is 2.30 bits per heavy atom. The molecule has 20 heavy (non-hydrogen) atoms. The lowest BCUT2D eigenvalue weighted by Gasteiger charge is -2.13. The van der Waals surface area contributed by atoms with Crippen LogP contribution in [0.1, 0.15) is 82.8 Å². The zero-order valence-corrected chi connectivity index (χ0v) is 14.1. The van der Waals surface area contributed by atoms with Crippen molar-refractivity contribution in [1.82, 2.24) is 15.1 Å². The van der Waals surface area contributed by atoms with E-state index in [2.05, 4.69) is 37.7 Å². The van der Waals surface area contributed by atoms with Crippen LogP contribution in [0.15, 0.2) is 0 Å². The van der Waals surface area contributed by atoms with E-state index in [9.17, 15) is 0 Å². The summed E-state index contributed by atoms with van der Waals surface area (Å²) < 4.78 is 2.27. The summed E-state index contributed by atoms with van der Waals surface area (Å²) in [7, 11) is 2.03. The van der Waals surface area contributed by atoms with E-state index in [1.165, 1.54) is 49.1 Å². The van der Waals surface area contributed by atoms with Gasteiger partial charge in [0.25, 0.3) is 0 Å². The minimum atomic E-state index is 0.397. The Balaban J connectivity index is 2.77. The summed E-state index contributed by atoms with van der Waals surface area (Å²) in [6.45, 7) is 10.0. The van der Waals surface area contributed by atoms with Crippen LogP contribution in [-0.4, -0.2) is 16.8 Å². The molecule has 0 aliphatic rings. The number of unbranched alkanes of at least 4 members (excludes halogenated alkanes) is 4. The Bertz CT molecular complexity index is 382. The second kappa shape index (κ2) is 9.17. The number of nitrogens with one attached hydrogen (secondary N) is 1. The van der Waals surface area contributed by atoms with Crippen LogP contribution in [0.2, 0.25) is 0 Å². The van der Waals surface area contributed by atoms with Crippen molar-refractivity contribution < 1.29 is 0 Å². The largest absolute Gasteiger partial charge is 0.313 e. The zero-order chi connectivity index (χ0) is 15.0. The third-order valence-corrected chi connectivity index (χ3v) is 4.18. The second-order valence-electron chi connectivity index (χ2n) is 5.66. The summed E-state index contributed by atoms with van der Waals surface area (Å²) in [5.74, 6) is 0. The summed E-state index contributed by atoms with van der Waals surface area (Å²) in [4.78, 5) is 0. The van der Waals surface area contributed by atoms with Crippen LogP contribution in [0, 0.1) is 0 Å². The highest BCUT2D eigenvalue weighted by atomic mass is 15.3. The van der Waals surface area contributed by atoms with Gasteiger partial charge in [-0.25, -0.2) is 0 Å². The third-order valence-electron chi connectivity index (χ3n) is 4.18. The van der Waals surface area contributed by atoms with E-state index in [0.717, 1.165) is 19.4 Å². The summed E-state index contributed by atoms with van der Waals surface area (Å²) in [5, 5.41) is 8.24. The predicted molar refractivity (Wildman–Crippen MR) is 87.2 cm³/mol. The van der Waals surface area contributed by atoms with Crippen molar-refractivity contribution in [3.63, 3.8) is 0 Å². The molecule has 1 atom stereocenters. The van der Waals surface area contributed by atoms with Crippen molar-refractivity contribution >= 4 is 0 Å². The van der Waals surface area contributed by atoms with E-state index in [4.69, 9.17) is 5.10 Å². The molecule has 0 spiro atoms. The summed E-state index contributed by atoms with van der Waals surface area (Å²) in [6, 6.07) is 0.397. The molecule has 1 heterocycles. The van der Waals surface area contributed by atoms with Gasteiger partial charge in [0.05, 0.1) is 5.69 Å². The van der Waals surface area contributed by atoms with Crippen LogP contribution in [-0.2, 0) is 19.4 Å². The maximum Gasteiger partial charge on any atom is 0.0672 e. The van der Waals surface area contributed by atoms with Crippen LogP contribution < -0.4 is 5.32 Å². The molecule has 0 bridgehead atoms. The Labute approximate surface area is 125 Å². The van der Waals surface area contributed by atoms with Gasteiger partial charge in [0, 0.05) is 23.8 Å². The number of aromatic nitrogens is 2. The number of hydrogen-bond donors (Lipinski definition) is 1. The monoisotopic (exact) mass is 279 g/mol. The Hall–Kier alpha value is -0.830. The summed E-state index contributed by atoms with van der Waals surface area (Å²) >= 11 is 0. The van der Waals surface area contributed by atoms with Gasteiger partial charge in [-0.3, -0.25) is 4.68 Å². The molecule has 0 aliphatic heterocycles. The number of aryl methyl sites for hydroxylation is 2. The molecule has 0 amide bonds. The van der Waals surface area contributed by atoms with Crippen molar-refractivity contribution in [2.24, 2.45) is 0 Å². The lowest BCUT2D eigenvalue weighted by Crippen LogP contribution is -2.15. The average molecular weight is 279 g/mol. The first-order valence-electron chi connectivity index (χ1n) is 8.45. The molecule has 1 aromatic rings. The topological polar surface area (TPSA) is 29.9 Å². The van der Waals surface area contributed by atoms with E-state index in [1.54, 1.807) is 0 Å². The van der Waals surface area contributed by atoms with E-state index in [0.29, 0.717) is 6.04 Å². The second-order valence-corrected chi connectivity index (χ2v) is 5.66. The molecule has 0 fully saturated rings. The number of nitrogens with zero attached hydrogens (tertiary/aromatic N) is 2. The maximum absolute atomic E-state index is 4.86. The van der Waals surface area contributed by atoms with E-state index >= 15 is 0 Å². The zero-order valence-electron chi connectivity index (χ0n) is 14.1. The van der Waals surface area contributed by atoms with Gasteiger partial charge >= 0.3 is 0 Å². The van der Waals surface area contributed by atoms with Gasteiger partial charge in [-0.1, -0.05) is 46.5 Å². The molecule has 1 N–H and O–H groups in total. The van der Waals surface area contributed by atoms with Gasteiger partial charge in [-0.2, -0.15) is 5.10 Å². The Morgan fingerprint density at radius 1 is 1.05 bits per heavy atom. The van der Waals surface area contributed by atoms with Crippen LogP contribution in [0.5, 0.6) is 0 Å². The quantitative estimate of drug-likeness (QED) is 0.649. The standard InChI is InChI=1S/C17H33N3/c1-6-9-10-11-12-13-20-16(8-3)17(14(4)18-5)15(7-2)19-20/h14,18H,6-13H2,1-5H3. The smallest absolute Gasteiger partial charge is 0.0672 e. The van der Waals surface area contributed by atoms with Crippen LogP contribution in [0.3, 0.4) is 0 Å². The van der Waals surface area contributed by atoms with Gasteiger partial charge < -0.3 is 5.32 Å². The molecule has 1 aromatic heterocycles. The minimum absolute atomic E-state index is 0.397. The highest BCUT2D eigenvalue weighted by Crippen LogP contribution is 2.24. The fourth-order valence-electron chi connectivity index (χ4n) is 2.89. The lowest BCUT2D eigenvalue weighted by molar-refractivity contribution is 0.514. The van der Waals surface area contributed by atoms with Crippen molar-refractivity contribution in [3.05, 3.63) is 17.0 Å². The molecule has 0 aromatic carbocycles. The Morgan fingerprint density at radius 2 is 1.75 bits per heavy atom. The molecular weight excluding hydrogens is 246 g/mol. The molecule has 0 aliphatic carbocycles. The van der Waals surface area contributed by atoms with Gasteiger partial charge in [-0.05, 0) is 33.2 Å². The first-order chi connectivity index (χ1) is 9.69. The van der Waals surface area contributed by atoms with Crippen molar-refractivity contribution in [1.29, 1.82) is 0 Å². The van der Waals surface area contributed by atoms with E-state index < -0.39 is 0 Å². The van der Waals surface area contributed by atoms with Crippen molar-refractivity contribution in [2.45, 2.75) is 85.2 Å². The highest BCUT2D eigenvalue weighted by Gasteiger charge is 2.19. The molecule has 3 nitrogen and oxygen atoms in total. The van der Waals surface area contributed by atoms with Gasteiger partial charge in [-0.15, -0.1) is 0 Å². The molecule has 0 saturated carbocycles. The molecule has 3 heteroatoms. The van der Waals surface area contributed by atoms with Gasteiger partial charge in [0.2, 0.25) is 0 Å².